The van der Waals surface area contributed by atoms with Crippen LogP contribution in [0.1, 0.15) is 38.4 Å². The van der Waals surface area contributed by atoms with Crippen LogP contribution in [0.3, 0.4) is 0 Å². The Hall–Kier alpha value is -4.31. The minimum absolute atomic E-state index is 0.157. The van der Waals surface area contributed by atoms with Gasteiger partial charge in [-0.1, -0.05) is 49.7 Å². The molecular weight excluding hydrogens is 544 g/mol. The number of unbranched alkanes of at least 4 members (excludes halogenated alkanes) is 1. The molecule has 1 saturated carbocycles. The van der Waals surface area contributed by atoms with Crippen LogP contribution >= 0.6 is 0 Å². The molecule has 0 bridgehead atoms. The van der Waals surface area contributed by atoms with Crippen LogP contribution in [0, 0.1) is 0 Å². The summed E-state index contributed by atoms with van der Waals surface area (Å²) >= 11 is 0. The van der Waals surface area contributed by atoms with E-state index >= 15 is 0 Å². The van der Waals surface area contributed by atoms with E-state index in [9.17, 15) is 18.3 Å². The minimum Gasteiger partial charge on any atom is -0.494 e. The number of aromatic nitrogens is 2. The normalized spacial score (nSPS) is 13.1. The van der Waals surface area contributed by atoms with Crippen molar-refractivity contribution in [3.8, 4) is 39.9 Å². The molecule has 9 nitrogen and oxygen atoms in total. The molecule has 214 valence electrons. The zero-order chi connectivity index (χ0) is 29.1. The van der Waals surface area contributed by atoms with Crippen molar-refractivity contribution in [2.45, 2.75) is 54.9 Å². The van der Waals surface area contributed by atoms with Gasteiger partial charge in [0.1, 0.15) is 28.8 Å². The monoisotopic (exact) mass is 576 g/mol. The van der Waals surface area contributed by atoms with E-state index in [0.29, 0.717) is 24.3 Å². The lowest BCUT2D eigenvalue weighted by atomic mass is 10.0. The number of methoxy groups -OCH3 is 2. The molecule has 1 fully saturated rings. The van der Waals surface area contributed by atoms with Gasteiger partial charge in [0.15, 0.2) is 4.90 Å². The zero-order valence-electron chi connectivity index (χ0n) is 23.2. The molecule has 10 heteroatoms. The molecule has 4 aromatic rings. The van der Waals surface area contributed by atoms with Gasteiger partial charge in [-0.2, -0.15) is 4.98 Å². The fraction of sp³-hybridized carbons (Fsp3) is 0.290. The SMILES string of the molecule is CCCCc1nc(=O)c(S(=O)(=O)c2ccc(-c3ccccc3OC3CC3)cc2)c(O)n1-c1c(OC)cccc1OC. The van der Waals surface area contributed by atoms with Crippen molar-refractivity contribution in [3.05, 3.63) is 82.9 Å². The fourth-order valence-corrected chi connectivity index (χ4v) is 6.00. The Morgan fingerprint density at radius 2 is 1.56 bits per heavy atom. The smallest absolute Gasteiger partial charge is 0.296 e. The number of rotatable bonds is 11. The molecule has 1 N–H and O–H groups in total. The van der Waals surface area contributed by atoms with Crippen molar-refractivity contribution in [1.82, 2.24) is 9.55 Å². The van der Waals surface area contributed by atoms with E-state index in [1.54, 1.807) is 30.3 Å². The highest BCUT2D eigenvalue weighted by Crippen LogP contribution is 2.39. The Bertz CT molecular complexity index is 1700. The van der Waals surface area contributed by atoms with Gasteiger partial charge in [-0.05, 0) is 55.2 Å². The lowest BCUT2D eigenvalue weighted by molar-refractivity contribution is 0.304. The van der Waals surface area contributed by atoms with Crippen LogP contribution in [0.15, 0.2) is 81.3 Å². The Morgan fingerprint density at radius 1 is 0.927 bits per heavy atom. The minimum atomic E-state index is -4.48. The molecule has 0 aliphatic heterocycles. The zero-order valence-corrected chi connectivity index (χ0v) is 24.0. The van der Waals surface area contributed by atoms with Crippen LogP contribution in [0.4, 0.5) is 0 Å². The number of sulfone groups is 1. The topological polar surface area (TPSA) is 117 Å². The molecule has 0 atom stereocenters. The van der Waals surface area contributed by atoms with Crippen LogP contribution in [0.5, 0.6) is 23.1 Å². The number of nitrogens with zero attached hydrogens (tertiary/aromatic N) is 2. The van der Waals surface area contributed by atoms with Gasteiger partial charge < -0.3 is 19.3 Å². The Labute approximate surface area is 238 Å². The van der Waals surface area contributed by atoms with Gasteiger partial charge in [0.05, 0.1) is 25.2 Å². The summed E-state index contributed by atoms with van der Waals surface area (Å²) in [5.41, 5.74) is 0.797. The summed E-state index contributed by atoms with van der Waals surface area (Å²) in [5.74, 6) is 0.777. The highest BCUT2D eigenvalue weighted by molar-refractivity contribution is 7.91. The van der Waals surface area contributed by atoms with E-state index in [1.165, 1.54) is 30.9 Å². The third kappa shape index (κ3) is 5.52. The summed E-state index contributed by atoms with van der Waals surface area (Å²) in [6.45, 7) is 1.98. The maximum atomic E-state index is 13.9. The van der Waals surface area contributed by atoms with Crippen molar-refractivity contribution < 1.29 is 27.7 Å². The second-order valence-electron chi connectivity index (χ2n) is 9.78. The molecule has 0 amide bonds. The van der Waals surface area contributed by atoms with Crippen molar-refractivity contribution in [1.29, 1.82) is 0 Å². The van der Waals surface area contributed by atoms with Gasteiger partial charge in [-0.25, -0.2) is 8.42 Å². The lowest BCUT2D eigenvalue weighted by Gasteiger charge is -2.21. The van der Waals surface area contributed by atoms with Gasteiger partial charge in [0.25, 0.3) is 5.56 Å². The fourth-order valence-electron chi connectivity index (χ4n) is 4.67. The molecule has 1 aliphatic rings. The van der Waals surface area contributed by atoms with E-state index in [1.807, 2.05) is 31.2 Å². The first kappa shape index (κ1) is 28.2. The van der Waals surface area contributed by atoms with Gasteiger partial charge in [-0.3, -0.25) is 9.36 Å². The third-order valence-electron chi connectivity index (χ3n) is 6.93. The average molecular weight is 577 g/mol. The molecule has 1 heterocycles. The second-order valence-corrected chi connectivity index (χ2v) is 11.7. The highest BCUT2D eigenvalue weighted by Gasteiger charge is 2.32. The second kappa shape index (κ2) is 11.7. The van der Waals surface area contributed by atoms with Crippen molar-refractivity contribution in [2.75, 3.05) is 14.2 Å². The summed E-state index contributed by atoms with van der Waals surface area (Å²) in [4.78, 5) is 16.4. The Balaban J connectivity index is 1.63. The van der Waals surface area contributed by atoms with Crippen LogP contribution in [0.2, 0.25) is 0 Å². The van der Waals surface area contributed by atoms with E-state index in [4.69, 9.17) is 14.2 Å². The van der Waals surface area contributed by atoms with Crippen molar-refractivity contribution in [3.63, 3.8) is 0 Å². The molecule has 0 radical (unpaired) electrons. The molecule has 0 saturated heterocycles. The maximum Gasteiger partial charge on any atom is 0.296 e. The molecule has 3 aromatic carbocycles. The first-order chi connectivity index (χ1) is 19.8. The van der Waals surface area contributed by atoms with Gasteiger partial charge in [0, 0.05) is 12.0 Å². The van der Waals surface area contributed by atoms with E-state index in [0.717, 1.165) is 36.1 Å². The third-order valence-corrected chi connectivity index (χ3v) is 8.71. The molecule has 0 unspecified atom stereocenters. The number of hydrogen-bond donors (Lipinski definition) is 1. The predicted molar refractivity (Wildman–Crippen MR) is 154 cm³/mol. The van der Waals surface area contributed by atoms with Gasteiger partial charge in [-0.15, -0.1) is 0 Å². The maximum absolute atomic E-state index is 13.9. The van der Waals surface area contributed by atoms with Crippen LogP contribution in [-0.4, -0.2) is 43.4 Å². The Morgan fingerprint density at radius 3 is 2.17 bits per heavy atom. The van der Waals surface area contributed by atoms with E-state index < -0.39 is 26.2 Å². The number of ether oxygens (including phenoxy) is 3. The molecule has 0 spiro atoms. The largest absolute Gasteiger partial charge is 0.494 e. The van der Waals surface area contributed by atoms with Crippen molar-refractivity contribution in [2.24, 2.45) is 0 Å². The van der Waals surface area contributed by atoms with Crippen LogP contribution in [-0.2, 0) is 16.3 Å². The highest BCUT2D eigenvalue weighted by atomic mass is 32.2. The van der Waals surface area contributed by atoms with E-state index in [2.05, 4.69) is 4.98 Å². The molecular formula is C31H32N2O7S. The standard InChI is InChI=1S/C31H32N2O7S/c1-4-5-13-27-32-30(34)29(31(35)33(27)28-25(38-2)11-8-12-26(28)39-3)41(36,37)22-18-14-20(15-19-22)23-9-6-7-10-24(23)40-21-16-17-21/h6-12,14-15,18-19,21,35H,4-5,13,16-17H2,1-3H3. The summed E-state index contributed by atoms with van der Waals surface area (Å²) in [6, 6.07) is 18.7. The summed E-state index contributed by atoms with van der Waals surface area (Å²) in [5, 5.41) is 11.5. The molecule has 41 heavy (non-hydrogen) atoms. The number of benzene rings is 3. The first-order valence-electron chi connectivity index (χ1n) is 13.5. The molecule has 1 aromatic heterocycles. The molecule has 5 rings (SSSR count). The lowest BCUT2D eigenvalue weighted by Crippen LogP contribution is -2.25. The number of hydrogen-bond acceptors (Lipinski definition) is 8. The summed E-state index contributed by atoms with van der Waals surface area (Å²) in [7, 11) is -1.59. The summed E-state index contributed by atoms with van der Waals surface area (Å²) in [6.07, 6.45) is 3.99. The van der Waals surface area contributed by atoms with Crippen LogP contribution in [0.25, 0.3) is 16.8 Å². The predicted octanol–water partition coefficient (Wildman–Crippen LogP) is 5.34. The summed E-state index contributed by atoms with van der Waals surface area (Å²) < 4.78 is 46.0. The number of aryl methyl sites for hydroxylation is 1. The van der Waals surface area contributed by atoms with E-state index in [-0.39, 0.29) is 22.5 Å². The van der Waals surface area contributed by atoms with Crippen LogP contribution < -0.4 is 19.8 Å². The Kier molecular flexibility index (Phi) is 8.03. The number of aromatic hydroxyl groups is 1. The quantitative estimate of drug-likeness (QED) is 0.254. The first-order valence-corrected chi connectivity index (χ1v) is 15.0. The van der Waals surface area contributed by atoms with Crippen molar-refractivity contribution >= 4 is 9.84 Å². The number of para-hydroxylation sites is 2. The average Bonchev–Trinajstić information content (AvgIpc) is 3.80. The molecule has 1 aliphatic carbocycles. The van der Waals surface area contributed by atoms with Gasteiger partial charge in [0.2, 0.25) is 15.7 Å². The van der Waals surface area contributed by atoms with Gasteiger partial charge >= 0.3 is 0 Å².